The largest absolute Gasteiger partial charge is 0.371 e. The molecule has 0 bridgehead atoms. The highest BCUT2D eigenvalue weighted by atomic mass is 16.1. The number of hydrogen-bond donors (Lipinski definition) is 0. The van der Waals surface area contributed by atoms with Crippen LogP contribution in [0.5, 0.6) is 0 Å². The first-order valence-electron chi connectivity index (χ1n) is 6.35. The van der Waals surface area contributed by atoms with Gasteiger partial charge in [0.05, 0.1) is 0 Å². The van der Waals surface area contributed by atoms with Crippen LogP contribution in [0.25, 0.3) is 0 Å². The van der Waals surface area contributed by atoms with Crippen molar-refractivity contribution in [1.82, 2.24) is 4.90 Å². The van der Waals surface area contributed by atoms with Gasteiger partial charge in [-0.3, -0.25) is 4.79 Å². The van der Waals surface area contributed by atoms with Crippen molar-refractivity contribution in [2.24, 2.45) is 5.92 Å². The Morgan fingerprint density at radius 2 is 1.93 bits per heavy atom. The van der Waals surface area contributed by atoms with Gasteiger partial charge in [-0.1, -0.05) is 12.8 Å². The summed E-state index contributed by atoms with van der Waals surface area (Å²) in [4.78, 5) is 14.2. The molecule has 1 aliphatic carbocycles. The summed E-state index contributed by atoms with van der Waals surface area (Å²) >= 11 is 0. The fourth-order valence-electron chi connectivity index (χ4n) is 3.50. The lowest BCUT2D eigenvalue weighted by Gasteiger charge is -2.35. The first-order valence-corrected chi connectivity index (χ1v) is 6.35. The molecule has 2 aliphatic heterocycles. The van der Waals surface area contributed by atoms with Gasteiger partial charge in [0.1, 0.15) is 0 Å². The van der Waals surface area contributed by atoms with Crippen LogP contribution in [0, 0.1) is 5.92 Å². The lowest BCUT2D eigenvalue weighted by atomic mass is 9.94. The summed E-state index contributed by atoms with van der Waals surface area (Å²) in [5.74, 6) is 1.08. The Morgan fingerprint density at radius 1 is 1.13 bits per heavy atom. The fourth-order valence-corrected chi connectivity index (χ4v) is 3.50. The van der Waals surface area contributed by atoms with Crippen molar-refractivity contribution >= 4 is 5.78 Å². The number of carbonyl (C=O) groups excluding carboxylic acids is 1. The van der Waals surface area contributed by atoms with Crippen molar-refractivity contribution in [2.75, 3.05) is 6.54 Å². The van der Waals surface area contributed by atoms with Crippen molar-refractivity contribution in [3.8, 4) is 0 Å². The predicted octanol–water partition coefficient (Wildman–Crippen LogP) is 2.50. The number of fused-ring (bicyclic) bond motifs is 1. The van der Waals surface area contributed by atoms with Crippen LogP contribution in [0.15, 0.2) is 11.8 Å². The molecule has 15 heavy (non-hydrogen) atoms. The second-order valence-corrected chi connectivity index (χ2v) is 5.21. The van der Waals surface area contributed by atoms with Gasteiger partial charge in [-0.05, 0) is 31.6 Å². The highest BCUT2D eigenvalue weighted by Crippen LogP contribution is 2.38. The fraction of sp³-hybridized carbons (Fsp3) is 0.769. The van der Waals surface area contributed by atoms with Crippen LogP contribution >= 0.6 is 0 Å². The third-order valence-corrected chi connectivity index (χ3v) is 4.23. The van der Waals surface area contributed by atoms with Crippen molar-refractivity contribution < 1.29 is 4.79 Å². The third kappa shape index (κ3) is 1.60. The minimum Gasteiger partial charge on any atom is -0.371 e. The molecular weight excluding hydrogens is 186 g/mol. The van der Waals surface area contributed by atoms with E-state index in [1.165, 1.54) is 50.8 Å². The Labute approximate surface area is 91.3 Å². The molecule has 1 saturated carbocycles. The zero-order valence-corrected chi connectivity index (χ0v) is 9.24. The molecule has 2 heterocycles. The Hall–Kier alpha value is -0.790. The highest BCUT2D eigenvalue weighted by Gasteiger charge is 2.35. The molecule has 0 aromatic carbocycles. The topological polar surface area (TPSA) is 20.3 Å². The maximum Gasteiger partial charge on any atom is 0.159 e. The molecule has 0 radical (unpaired) electrons. The smallest absolute Gasteiger partial charge is 0.159 e. The molecule has 0 N–H and O–H groups in total. The van der Waals surface area contributed by atoms with Crippen molar-refractivity contribution in [2.45, 2.75) is 51.0 Å². The van der Waals surface area contributed by atoms with Crippen molar-refractivity contribution in [1.29, 1.82) is 0 Å². The van der Waals surface area contributed by atoms with Crippen LogP contribution in [0.2, 0.25) is 0 Å². The van der Waals surface area contributed by atoms with Gasteiger partial charge >= 0.3 is 0 Å². The molecule has 82 valence electrons. The number of hydrogen-bond acceptors (Lipinski definition) is 2. The van der Waals surface area contributed by atoms with E-state index in [-0.39, 0.29) is 0 Å². The molecule has 0 aromatic rings. The Kier molecular flexibility index (Phi) is 2.30. The van der Waals surface area contributed by atoms with Gasteiger partial charge < -0.3 is 4.90 Å². The molecule has 0 spiro atoms. The second-order valence-electron chi connectivity index (χ2n) is 5.21. The molecule has 2 fully saturated rings. The van der Waals surface area contributed by atoms with Gasteiger partial charge in [0.2, 0.25) is 0 Å². The molecule has 0 aromatic heterocycles. The number of nitrogens with zero attached hydrogens (tertiary/aromatic N) is 1. The highest BCUT2D eigenvalue weighted by molar-refractivity contribution is 5.91. The standard InChI is InChI=1S/C13H19NO/c15-12-8-11-6-3-7-14(11)13(9-12)10-4-1-2-5-10/h9-11H,1-8H2/t11-/m0/s1. The molecule has 3 rings (SSSR count). The summed E-state index contributed by atoms with van der Waals surface area (Å²) in [5, 5.41) is 0. The normalized spacial score (nSPS) is 32.0. The average molecular weight is 205 g/mol. The van der Waals surface area contributed by atoms with Gasteiger partial charge in [-0.15, -0.1) is 0 Å². The summed E-state index contributed by atoms with van der Waals surface area (Å²) in [6.07, 6.45) is 10.6. The SMILES string of the molecule is O=C1C=C(C2CCCC2)N2CCC[C@H]2C1. The Morgan fingerprint density at radius 3 is 2.73 bits per heavy atom. The van der Waals surface area contributed by atoms with Crippen LogP contribution < -0.4 is 0 Å². The van der Waals surface area contributed by atoms with Crippen LogP contribution in [-0.2, 0) is 4.79 Å². The summed E-state index contributed by atoms with van der Waals surface area (Å²) in [6.45, 7) is 1.19. The minimum atomic E-state index is 0.375. The zero-order chi connectivity index (χ0) is 10.3. The van der Waals surface area contributed by atoms with Crippen molar-refractivity contribution in [3.05, 3.63) is 11.8 Å². The quantitative estimate of drug-likeness (QED) is 0.655. The monoisotopic (exact) mass is 205 g/mol. The first-order chi connectivity index (χ1) is 7.34. The molecule has 0 unspecified atom stereocenters. The van der Waals surface area contributed by atoms with Gasteiger partial charge in [0.25, 0.3) is 0 Å². The Bertz CT molecular complexity index is 302. The number of ketones is 1. The number of allylic oxidation sites excluding steroid dienone is 2. The van der Waals surface area contributed by atoms with E-state index in [9.17, 15) is 4.79 Å². The van der Waals surface area contributed by atoms with Gasteiger partial charge in [0, 0.05) is 30.8 Å². The molecular formula is C13H19NO. The summed E-state index contributed by atoms with van der Waals surface area (Å²) < 4.78 is 0. The van der Waals surface area contributed by atoms with E-state index >= 15 is 0 Å². The van der Waals surface area contributed by atoms with E-state index in [2.05, 4.69) is 4.90 Å². The third-order valence-electron chi connectivity index (χ3n) is 4.23. The summed E-state index contributed by atoms with van der Waals surface area (Å²) in [6, 6.07) is 0.554. The number of carbonyl (C=O) groups is 1. The molecule has 2 nitrogen and oxygen atoms in total. The second kappa shape index (κ2) is 3.66. The van der Waals surface area contributed by atoms with E-state index in [0.717, 1.165) is 6.42 Å². The maximum atomic E-state index is 11.7. The Balaban J connectivity index is 1.86. The minimum absolute atomic E-state index is 0.375. The van der Waals surface area contributed by atoms with Gasteiger partial charge in [0.15, 0.2) is 5.78 Å². The molecule has 2 heteroatoms. The number of rotatable bonds is 1. The van der Waals surface area contributed by atoms with Gasteiger partial charge in [-0.25, -0.2) is 0 Å². The summed E-state index contributed by atoms with van der Waals surface area (Å²) in [7, 11) is 0. The van der Waals surface area contributed by atoms with E-state index in [1.54, 1.807) is 0 Å². The van der Waals surface area contributed by atoms with Crippen LogP contribution in [0.4, 0.5) is 0 Å². The van der Waals surface area contributed by atoms with E-state index in [4.69, 9.17) is 0 Å². The molecule has 1 atom stereocenters. The molecule has 3 aliphatic rings. The van der Waals surface area contributed by atoms with Crippen molar-refractivity contribution in [3.63, 3.8) is 0 Å². The molecule has 1 saturated heterocycles. The lowest BCUT2D eigenvalue weighted by Crippen LogP contribution is -2.37. The maximum absolute atomic E-state index is 11.7. The van der Waals surface area contributed by atoms with E-state index in [1.807, 2.05) is 6.08 Å². The predicted molar refractivity (Wildman–Crippen MR) is 59.4 cm³/mol. The van der Waals surface area contributed by atoms with Crippen LogP contribution in [0.3, 0.4) is 0 Å². The zero-order valence-electron chi connectivity index (χ0n) is 9.24. The van der Waals surface area contributed by atoms with E-state index < -0.39 is 0 Å². The van der Waals surface area contributed by atoms with Crippen LogP contribution in [-0.4, -0.2) is 23.3 Å². The van der Waals surface area contributed by atoms with Crippen LogP contribution in [0.1, 0.15) is 44.9 Å². The first kappa shape index (κ1) is 9.44. The van der Waals surface area contributed by atoms with E-state index in [0.29, 0.717) is 17.7 Å². The lowest BCUT2D eigenvalue weighted by molar-refractivity contribution is -0.116. The summed E-state index contributed by atoms with van der Waals surface area (Å²) in [5.41, 5.74) is 1.39. The molecule has 0 amide bonds. The van der Waals surface area contributed by atoms with Gasteiger partial charge in [-0.2, -0.15) is 0 Å². The average Bonchev–Trinajstić information content (AvgIpc) is 2.86.